The van der Waals surface area contributed by atoms with Crippen molar-refractivity contribution in [2.45, 2.75) is 39.0 Å². The molecule has 32 heavy (non-hydrogen) atoms. The number of hydrogen-bond acceptors (Lipinski definition) is 7. The topological polar surface area (TPSA) is 83.8 Å². The van der Waals surface area contributed by atoms with Gasteiger partial charge in [-0.1, -0.05) is 6.07 Å². The highest BCUT2D eigenvalue weighted by molar-refractivity contribution is 7.13. The van der Waals surface area contributed by atoms with E-state index in [1.165, 1.54) is 0 Å². The molecule has 2 aliphatic heterocycles. The number of fused-ring (bicyclic) bond motifs is 3. The number of nitrogens with one attached hydrogen (secondary N) is 1. The Morgan fingerprint density at radius 3 is 2.75 bits per heavy atom. The van der Waals surface area contributed by atoms with Gasteiger partial charge in [0, 0.05) is 12.1 Å². The molecule has 2 aliphatic rings. The van der Waals surface area contributed by atoms with Gasteiger partial charge in [0.05, 0.1) is 48.2 Å². The number of ether oxygens (including phenoxy) is 4. The number of amides is 1. The van der Waals surface area contributed by atoms with Crippen molar-refractivity contribution in [2.75, 3.05) is 20.3 Å². The van der Waals surface area contributed by atoms with Gasteiger partial charge in [-0.2, -0.15) is 0 Å². The molecule has 0 spiro atoms. The van der Waals surface area contributed by atoms with Gasteiger partial charge in [0.1, 0.15) is 12.4 Å². The van der Waals surface area contributed by atoms with Crippen molar-refractivity contribution in [1.29, 1.82) is 0 Å². The standard InChI is InChI=1S/C23H25N3O5S/c1-13(2)31-18-8-14-16(9-17(18)28-4)30-10-15-20(22(27)25-23(3)11-29-12-23)24-21(26(14)15)19-6-5-7-32-19/h5-9,13H,10-12H2,1-4H3,(H,25,27). The fraction of sp³-hybridized carbons (Fsp3) is 0.391. The first kappa shape index (κ1) is 20.8. The molecule has 1 amide bonds. The van der Waals surface area contributed by atoms with Gasteiger partial charge in [0.25, 0.3) is 5.91 Å². The Morgan fingerprint density at radius 2 is 2.12 bits per heavy atom. The van der Waals surface area contributed by atoms with Gasteiger partial charge in [0.15, 0.2) is 23.0 Å². The van der Waals surface area contributed by atoms with Crippen molar-refractivity contribution < 1.29 is 23.7 Å². The van der Waals surface area contributed by atoms with Crippen LogP contribution in [-0.2, 0) is 11.3 Å². The lowest BCUT2D eigenvalue weighted by Crippen LogP contribution is -2.60. The largest absolute Gasteiger partial charge is 0.493 e. The summed E-state index contributed by atoms with van der Waals surface area (Å²) in [6.45, 7) is 7.08. The van der Waals surface area contributed by atoms with Crippen LogP contribution in [0.25, 0.3) is 16.4 Å². The molecular formula is C23H25N3O5S. The Balaban J connectivity index is 1.66. The van der Waals surface area contributed by atoms with Crippen LogP contribution in [0, 0.1) is 0 Å². The zero-order chi connectivity index (χ0) is 22.5. The number of aromatic nitrogens is 2. The van der Waals surface area contributed by atoms with E-state index in [-0.39, 0.29) is 24.2 Å². The van der Waals surface area contributed by atoms with Crippen molar-refractivity contribution in [2.24, 2.45) is 0 Å². The minimum absolute atomic E-state index is 0.0303. The molecule has 1 aromatic carbocycles. The summed E-state index contributed by atoms with van der Waals surface area (Å²) < 4.78 is 24.8. The first-order chi connectivity index (χ1) is 15.4. The Labute approximate surface area is 190 Å². The van der Waals surface area contributed by atoms with Gasteiger partial charge in [0.2, 0.25) is 0 Å². The number of rotatable bonds is 6. The third kappa shape index (κ3) is 3.51. The number of nitrogens with zero attached hydrogens (tertiary/aromatic N) is 2. The molecule has 1 N–H and O–H groups in total. The zero-order valence-corrected chi connectivity index (χ0v) is 19.2. The number of carbonyl (C=O) groups is 1. The minimum Gasteiger partial charge on any atom is -0.493 e. The average Bonchev–Trinajstić information content (AvgIpc) is 3.39. The lowest BCUT2D eigenvalue weighted by atomic mass is 10.0. The van der Waals surface area contributed by atoms with E-state index in [2.05, 4.69) is 5.32 Å². The van der Waals surface area contributed by atoms with Crippen LogP contribution >= 0.6 is 11.3 Å². The van der Waals surface area contributed by atoms with Crippen LogP contribution in [0.1, 0.15) is 37.0 Å². The summed E-state index contributed by atoms with van der Waals surface area (Å²) in [6, 6.07) is 7.67. The van der Waals surface area contributed by atoms with Crippen molar-refractivity contribution >= 4 is 17.2 Å². The van der Waals surface area contributed by atoms with Gasteiger partial charge in [-0.15, -0.1) is 11.3 Å². The third-order valence-electron chi connectivity index (χ3n) is 5.40. The molecule has 0 saturated carbocycles. The van der Waals surface area contributed by atoms with Crippen LogP contribution in [0.15, 0.2) is 29.6 Å². The highest BCUT2D eigenvalue weighted by Crippen LogP contribution is 2.43. The van der Waals surface area contributed by atoms with Crippen LogP contribution in [0.3, 0.4) is 0 Å². The van der Waals surface area contributed by atoms with E-state index >= 15 is 0 Å². The van der Waals surface area contributed by atoms with E-state index in [9.17, 15) is 4.79 Å². The van der Waals surface area contributed by atoms with Crippen LogP contribution in [0.4, 0.5) is 0 Å². The zero-order valence-electron chi connectivity index (χ0n) is 18.4. The molecule has 1 saturated heterocycles. The first-order valence-electron chi connectivity index (χ1n) is 10.5. The quantitative estimate of drug-likeness (QED) is 0.609. The van der Waals surface area contributed by atoms with Crippen molar-refractivity contribution in [3.05, 3.63) is 41.0 Å². The molecule has 0 aliphatic carbocycles. The maximum absolute atomic E-state index is 13.2. The molecule has 8 nitrogen and oxygen atoms in total. The van der Waals surface area contributed by atoms with Crippen LogP contribution in [0.2, 0.25) is 0 Å². The van der Waals surface area contributed by atoms with Crippen LogP contribution in [-0.4, -0.2) is 47.4 Å². The minimum atomic E-state index is -0.379. The highest BCUT2D eigenvalue weighted by Gasteiger charge is 2.38. The highest BCUT2D eigenvalue weighted by atomic mass is 32.1. The number of methoxy groups -OCH3 is 1. The molecule has 4 heterocycles. The summed E-state index contributed by atoms with van der Waals surface area (Å²) in [5.41, 5.74) is 1.43. The van der Waals surface area contributed by atoms with Gasteiger partial charge >= 0.3 is 0 Å². The Bertz CT molecular complexity index is 1170. The fourth-order valence-corrected chi connectivity index (χ4v) is 4.59. The molecule has 2 aromatic heterocycles. The van der Waals surface area contributed by atoms with Gasteiger partial charge < -0.3 is 24.3 Å². The predicted molar refractivity (Wildman–Crippen MR) is 120 cm³/mol. The summed E-state index contributed by atoms with van der Waals surface area (Å²) in [4.78, 5) is 18.9. The number of thiophene rings is 1. The lowest BCUT2D eigenvalue weighted by Gasteiger charge is -2.38. The second kappa shape index (κ2) is 7.83. The van der Waals surface area contributed by atoms with Gasteiger partial charge in [-0.3, -0.25) is 9.36 Å². The molecule has 168 valence electrons. The Kier molecular flexibility index (Phi) is 5.10. The summed E-state index contributed by atoms with van der Waals surface area (Å²) in [6.07, 6.45) is -0.0303. The van der Waals surface area contributed by atoms with E-state index in [4.69, 9.17) is 23.9 Å². The fourth-order valence-electron chi connectivity index (χ4n) is 3.89. The normalized spacial score (nSPS) is 15.9. The van der Waals surface area contributed by atoms with Gasteiger partial charge in [-0.05, 0) is 32.2 Å². The maximum atomic E-state index is 13.2. The van der Waals surface area contributed by atoms with E-state index < -0.39 is 0 Å². The number of benzene rings is 1. The lowest BCUT2D eigenvalue weighted by molar-refractivity contribution is -0.0594. The van der Waals surface area contributed by atoms with E-state index in [1.54, 1.807) is 18.4 Å². The molecule has 0 unspecified atom stereocenters. The predicted octanol–water partition coefficient (Wildman–Crippen LogP) is 3.81. The molecule has 1 fully saturated rings. The first-order valence-corrected chi connectivity index (χ1v) is 11.3. The second-order valence-electron chi connectivity index (χ2n) is 8.48. The molecule has 5 rings (SSSR count). The molecular weight excluding hydrogens is 430 g/mol. The second-order valence-corrected chi connectivity index (χ2v) is 9.42. The number of carbonyl (C=O) groups excluding carboxylic acids is 1. The molecule has 3 aromatic rings. The van der Waals surface area contributed by atoms with Crippen molar-refractivity contribution in [1.82, 2.24) is 14.9 Å². The molecule has 0 radical (unpaired) electrons. The summed E-state index contributed by atoms with van der Waals surface area (Å²) in [5.74, 6) is 2.30. The summed E-state index contributed by atoms with van der Waals surface area (Å²) in [5, 5.41) is 5.05. The monoisotopic (exact) mass is 455 g/mol. The van der Waals surface area contributed by atoms with Gasteiger partial charge in [-0.25, -0.2) is 4.98 Å². The molecule has 0 bridgehead atoms. The SMILES string of the molecule is COc1cc2c(cc1OC(C)C)-n1c(-c3cccs3)nc(C(=O)NC3(C)COC3)c1CO2. The molecule has 9 heteroatoms. The summed E-state index contributed by atoms with van der Waals surface area (Å²) >= 11 is 1.57. The number of hydrogen-bond donors (Lipinski definition) is 1. The van der Waals surface area contributed by atoms with E-state index in [1.807, 2.05) is 55.0 Å². The van der Waals surface area contributed by atoms with Crippen molar-refractivity contribution in [3.63, 3.8) is 0 Å². The average molecular weight is 456 g/mol. The Morgan fingerprint density at radius 1 is 1.31 bits per heavy atom. The van der Waals surface area contributed by atoms with Crippen molar-refractivity contribution in [3.8, 4) is 33.6 Å². The smallest absolute Gasteiger partial charge is 0.272 e. The maximum Gasteiger partial charge on any atom is 0.272 e. The molecule has 0 atom stereocenters. The number of imidazole rings is 1. The van der Waals surface area contributed by atoms with Crippen LogP contribution in [0.5, 0.6) is 17.2 Å². The van der Waals surface area contributed by atoms with E-state index in [0.29, 0.717) is 47.7 Å². The summed E-state index contributed by atoms with van der Waals surface area (Å²) in [7, 11) is 1.60. The Hall–Kier alpha value is -3.04. The third-order valence-corrected chi connectivity index (χ3v) is 6.26. The van der Waals surface area contributed by atoms with Crippen LogP contribution < -0.4 is 19.5 Å². The van der Waals surface area contributed by atoms with E-state index in [0.717, 1.165) is 10.6 Å².